The first kappa shape index (κ1) is 20.4. The van der Waals surface area contributed by atoms with Crippen LogP contribution in [0.5, 0.6) is 0 Å². The molecule has 28 heavy (non-hydrogen) atoms. The van der Waals surface area contributed by atoms with Crippen molar-refractivity contribution in [2.45, 2.75) is 32.9 Å². The van der Waals surface area contributed by atoms with E-state index in [-0.39, 0.29) is 6.04 Å². The molecule has 2 aromatic heterocycles. The van der Waals surface area contributed by atoms with E-state index in [0.717, 1.165) is 41.2 Å². The summed E-state index contributed by atoms with van der Waals surface area (Å²) in [5, 5.41) is 18.0. The van der Waals surface area contributed by atoms with E-state index in [9.17, 15) is 0 Å². The summed E-state index contributed by atoms with van der Waals surface area (Å²) in [6.07, 6.45) is 0.955. The van der Waals surface area contributed by atoms with Gasteiger partial charge in [-0.15, -0.1) is 21.5 Å². The van der Waals surface area contributed by atoms with Gasteiger partial charge in [-0.3, -0.25) is 0 Å². The van der Waals surface area contributed by atoms with Gasteiger partial charge in [0.15, 0.2) is 11.8 Å². The van der Waals surface area contributed by atoms with Crippen molar-refractivity contribution < 1.29 is 0 Å². The van der Waals surface area contributed by atoms with Gasteiger partial charge in [0, 0.05) is 23.5 Å². The van der Waals surface area contributed by atoms with Crippen LogP contribution in [0.4, 0.5) is 0 Å². The number of nitrogens with zero attached hydrogens (tertiary/aromatic N) is 4. The summed E-state index contributed by atoms with van der Waals surface area (Å²) < 4.78 is 1.95. The van der Waals surface area contributed by atoms with Crippen molar-refractivity contribution in [3.8, 4) is 0 Å². The van der Waals surface area contributed by atoms with Gasteiger partial charge in [0.2, 0.25) is 0 Å². The fraction of sp³-hybridized carbons (Fsp3) is 0.350. The molecule has 1 aromatic carbocycles. The number of aromatic nitrogens is 3. The number of benzene rings is 1. The van der Waals surface area contributed by atoms with Crippen LogP contribution in [0.15, 0.2) is 46.8 Å². The zero-order valence-corrected chi connectivity index (χ0v) is 17.9. The molecule has 0 spiro atoms. The first-order valence-corrected chi connectivity index (χ1v) is 10.5. The normalized spacial score (nSPS) is 12.8. The highest BCUT2D eigenvalue weighted by Gasteiger charge is 2.10. The minimum Gasteiger partial charge on any atom is -0.356 e. The maximum Gasteiger partial charge on any atom is 0.192 e. The van der Waals surface area contributed by atoms with E-state index in [2.05, 4.69) is 45.3 Å². The highest BCUT2D eigenvalue weighted by Crippen LogP contribution is 2.16. The quantitative estimate of drug-likeness (QED) is 0.453. The zero-order valence-electron chi connectivity index (χ0n) is 16.3. The molecule has 1 atom stereocenters. The molecule has 0 saturated carbocycles. The second kappa shape index (κ2) is 9.71. The number of aliphatic imine (C=N–C) groups is 1. The Kier molecular flexibility index (Phi) is 7.06. The Morgan fingerprint density at radius 3 is 2.68 bits per heavy atom. The lowest BCUT2D eigenvalue weighted by Crippen LogP contribution is -2.39. The molecule has 6 nitrogen and oxygen atoms in total. The Morgan fingerprint density at radius 1 is 1.25 bits per heavy atom. The van der Waals surface area contributed by atoms with E-state index >= 15 is 0 Å². The Labute approximate surface area is 174 Å². The summed E-state index contributed by atoms with van der Waals surface area (Å²) >= 11 is 7.77. The van der Waals surface area contributed by atoms with E-state index in [0.29, 0.717) is 6.54 Å². The number of thiophene rings is 1. The number of nitrogens with one attached hydrogen (secondary N) is 2. The first-order valence-electron chi connectivity index (χ1n) is 9.20. The molecule has 3 rings (SSSR count). The molecule has 3 aromatic rings. The molecule has 2 N–H and O–H groups in total. The molecule has 0 saturated heterocycles. The molecule has 0 radical (unpaired) electrons. The average Bonchev–Trinajstić information content (AvgIpc) is 3.31. The second-order valence-electron chi connectivity index (χ2n) is 6.56. The van der Waals surface area contributed by atoms with Crippen LogP contribution in [0.2, 0.25) is 5.02 Å². The van der Waals surface area contributed by atoms with Crippen LogP contribution in [0.25, 0.3) is 0 Å². The van der Waals surface area contributed by atoms with Crippen LogP contribution in [-0.2, 0) is 20.0 Å². The predicted octanol–water partition coefficient (Wildman–Crippen LogP) is 3.88. The Bertz CT molecular complexity index is 901. The molecule has 0 bridgehead atoms. The van der Waals surface area contributed by atoms with Gasteiger partial charge in [-0.1, -0.05) is 29.8 Å². The Balaban J connectivity index is 1.67. The van der Waals surface area contributed by atoms with Crippen LogP contribution < -0.4 is 10.6 Å². The first-order chi connectivity index (χ1) is 13.5. The fourth-order valence-electron chi connectivity index (χ4n) is 2.69. The van der Waals surface area contributed by atoms with Crippen molar-refractivity contribution in [3.63, 3.8) is 0 Å². The Morgan fingerprint density at radius 2 is 2.04 bits per heavy atom. The van der Waals surface area contributed by atoms with Gasteiger partial charge in [0.1, 0.15) is 12.4 Å². The fourth-order valence-corrected chi connectivity index (χ4v) is 3.52. The van der Waals surface area contributed by atoms with Gasteiger partial charge in [-0.2, -0.15) is 0 Å². The van der Waals surface area contributed by atoms with Crippen molar-refractivity contribution in [3.05, 3.63) is 68.9 Å². The zero-order chi connectivity index (χ0) is 19.9. The van der Waals surface area contributed by atoms with Crippen molar-refractivity contribution in [1.82, 2.24) is 25.4 Å². The monoisotopic (exact) mass is 416 g/mol. The predicted molar refractivity (Wildman–Crippen MR) is 116 cm³/mol. The second-order valence-corrected chi connectivity index (χ2v) is 8.03. The van der Waals surface area contributed by atoms with Gasteiger partial charge in [-0.25, -0.2) is 4.99 Å². The summed E-state index contributed by atoms with van der Waals surface area (Å²) in [5.41, 5.74) is 1.15. The van der Waals surface area contributed by atoms with E-state index in [1.807, 2.05) is 42.8 Å². The molecule has 0 aliphatic carbocycles. The summed E-state index contributed by atoms with van der Waals surface area (Å²) in [6, 6.07) is 12.2. The van der Waals surface area contributed by atoms with Crippen molar-refractivity contribution >= 4 is 28.9 Å². The van der Waals surface area contributed by atoms with Gasteiger partial charge < -0.3 is 15.2 Å². The summed E-state index contributed by atoms with van der Waals surface area (Å²) in [6.45, 7) is 5.30. The minimum atomic E-state index is 0.0893. The summed E-state index contributed by atoms with van der Waals surface area (Å²) in [5.74, 6) is 2.45. The maximum absolute atomic E-state index is 6.00. The third-order valence-electron chi connectivity index (χ3n) is 4.53. The van der Waals surface area contributed by atoms with Crippen LogP contribution in [0.3, 0.4) is 0 Å². The third-order valence-corrected chi connectivity index (χ3v) is 5.72. The summed E-state index contributed by atoms with van der Waals surface area (Å²) in [4.78, 5) is 6.07. The molecular formula is C20H25ClN6S. The molecule has 2 heterocycles. The number of rotatable bonds is 7. The smallest absolute Gasteiger partial charge is 0.192 e. The molecule has 8 heteroatoms. The number of halogens is 1. The topological polar surface area (TPSA) is 67.1 Å². The standard InChI is InChI=1S/C20H25ClN6S/c1-14(16-6-8-17(21)9-7-16)24-20(22-11-10-18-5-4-12-28-18)23-13-19-26-25-15(2)27(19)3/h4-9,12,14H,10-11,13H2,1-3H3,(H2,22,23,24). The van der Waals surface area contributed by atoms with Gasteiger partial charge in [0.05, 0.1) is 6.04 Å². The lowest BCUT2D eigenvalue weighted by molar-refractivity contribution is 0.676. The van der Waals surface area contributed by atoms with Gasteiger partial charge >= 0.3 is 0 Å². The number of guanidine groups is 1. The molecule has 0 fully saturated rings. The van der Waals surface area contributed by atoms with E-state index < -0.39 is 0 Å². The van der Waals surface area contributed by atoms with Crippen LogP contribution in [0.1, 0.15) is 35.1 Å². The molecular weight excluding hydrogens is 392 g/mol. The highest BCUT2D eigenvalue weighted by atomic mass is 35.5. The van der Waals surface area contributed by atoms with Crippen molar-refractivity contribution in [2.75, 3.05) is 6.54 Å². The van der Waals surface area contributed by atoms with E-state index in [4.69, 9.17) is 16.6 Å². The minimum absolute atomic E-state index is 0.0893. The van der Waals surface area contributed by atoms with Crippen LogP contribution in [-0.4, -0.2) is 27.3 Å². The largest absolute Gasteiger partial charge is 0.356 e. The highest BCUT2D eigenvalue weighted by molar-refractivity contribution is 7.09. The Hall–Kier alpha value is -2.38. The van der Waals surface area contributed by atoms with Gasteiger partial charge in [0.25, 0.3) is 0 Å². The van der Waals surface area contributed by atoms with Gasteiger partial charge in [-0.05, 0) is 49.4 Å². The maximum atomic E-state index is 6.00. The van der Waals surface area contributed by atoms with E-state index in [1.54, 1.807) is 11.3 Å². The van der Waals surface area contributed by atoms with Crippen LogP contribution >= 0.6 is 22.9 Å². The number of hydrogen-bond donors (Lipinski definition) is 2. The lowest BCUT2D eigenvalue weighted by Gasteiger charge is -2.19. The number of hydrogen-bond acceptors (Lipinski definition) is 4. The molecule has 0 aliphatic rings. The summed E-state index contributed by atoms with van der Waals surface area (Å²) in [7, 11) is 1.95. The number of aryl methyl sites for hydroxylation is 1. The van der Waals surface area contributed by atoms with Crippen molar-refractivity contribution in [2.24, 2.45) is 12.0 Å². The van der Waals surface area contributed by atoms with E-state index in [1.165, 1.54) is 4.88 Å². The SMILES string of the molecule is Cc1nnc(CN=C(NCCc2cccs2)NC(C)c2ccc(Cl)cc2)n1C. The lowest BCUT2D eigenvalue weighted by atomic mass is 10.1. The molecule has 148 valence electrons. The molecule has 1 unspecified atom stereocenters. The van der Waals surface area contributed by atoms with Crippen LogP contribution in [0, 0.1) is 6.92 Å². The molecule has 0 amide bonds. The third kappa shape index (κ3) is 5.56. The van der Waals surface area contributed by atoms with Crippen molar-refractivity contribution in [1.29, 1.82) is 0 Å². The molecule has 0 aliphatic heterocycles. The average molecular weight is 417 g/mol.